The first-order chi connectivity index (χ1) is 4.84. The van der Waals surface area contributed by atoms with Crippen molar-refractivity contribution in [2.24, 2.45) is 0 Å². The number of hydrogen-bond acceptors (Lipinski definition) is 2. The molecule has 0 aliphatic carbocycles. The fourth-order valence-corrected chi connectivity index (χ4v) is 2.18. The van der Waals surface area contributed by atoms with Gasteiger partial charge < -0.3 is 0 Å². The largest absolute Gasteiger partial charge is 0.615 e. The Morgan fingerprint density at radius 3 is 3.10 bits per heavy atom. The standard InChI is InChI=1S/C5H10ClNO2P/c6-2-4-7-3-1-5-9-10(7)8/h1-5H2/q+1. The molecule has 1 aliphatic rings. The van der Waals surface area contributed by atoms with E-state index in [0.717, 1.165) is 13.0 Å². The van der Waals surface area contributed by atoms with Crippen LogP contribution in [0.5, 0.6) is 0 Å². The van der Waals surface area contributed by atoms with Gasteiger partial charge in [0.1, 0.15) is 6.61 Å². The van der Waals surface area contributed by atoms with Crippen molar-refractivity contribution in [1.29, 1.82) is 0 Å². The fourth-order valence-electron chi connectivity index (χ4n) is 0.844. The zero-order chi connectivity index (χ0) is 7.40. The van der Waals surface area contributed by atoms with Crippen LogP contribution in [0.2, 0.25) is 0 Å². The maximum atomic E-state index is 11.0. The topological polar surface area (TPSA) is 29.5 Å². The first kappa shape index (κ1) is 8.41. The van der Waals surface area contributed by atoms with Crippen molar-refractivity contribution >= 4 is 19.8 Å². The Hall–Kier alpha value is 0.310. The molecule has 0 bridgehead atoms. The van der Waals surface area contributed by atoms with Gasteiger partial charge in [0, 0.05) is 12.4 Å². The molecular weight excluding hydrogens is 172 g/mol. The molecule has 3 nitrogen and oxygen atoms in total. The second kappa shape index (κ2) is 4.24. The fraction of sp³-hybridized carbons (Fsp3) is 1.00. The Kier molecular flexibility index (Phi) is 3.57. The van der Waals surface area contributed by atoms with E-state index in [1.165, 1.54) is 0 Å². The molecule has 1 rings (SSSR count). The molecule has 0 radical (unpaired) electrons. The van der Waals surface area contributed by atoms with Crippen LogP contribution in [0.1, 0.15) is 6.42 Å². The monoisotopic (exact) mass is 182 g/mol. The summed E-state index contributed by atoms with van der Waals surface area (Å²) in [5.41, 5.74) is 0. The lowest BCUT2D eigenvalue weighted by molar-refractivity contribution is 0.229. The summed E-state index contributed by atoms with van der Waals surface area (Å²) in [7, 11) is -1.56. The van der Waals surface area contributed by atoms with Gasteiger partial charge in [0.05, 0.1) is 6.54 Å². The second-order valence-electron chi connectivity index (χ2n) is 2.07. The van der Waals surface area contributed by atoms with E-state index in [4.69, 9.17) is 16.1 Å². The van der Waals surface area contributed by atoms with Crippen molar-refractivity contribution in [3.8, 4) is 0 Å². The van der Waals surface area contributed by atoms with Crippen LogP contribution in [-0.2, 0) is 9.09 Å². The molecule has 0 spiro atoms. The summed E-state index contributed by atoms with van der Waals surface area (Å²) in [6.45, 7) is 2.13. The number of nitrogens with zero attached hydrogens (tertiary/aromatic N) is 1. The third kappa shape index (κ3) is 2.17. The van der Waals surface area contributed by atoms with Crippen molar-refractivity contribution in [2.45, 2.75) is 6.42 Å². The summed E-state index contributed by atoms with van der Waals surface area (Å²) in [6, 6.07) is 0. The first-order valence-electron chi connectivity index (χ1n) is 3.25. The van der Waals surface area contributed by atoms with E-state index in [1.807, 2.05) is 0 Å². The third-order valence-electron chi connectivity index (χ3n) is 1.34. The van der Waals surface area contributed by atoms with Crippen molar-refractivity contribution in [3.63, 3.8) is 0 Å². The number of alkyl halides is 1. The molecule has 0 aromatic rings. The highest BCUT2D eigenvalue weighted by atomic mass is 35.5. The van der Waals surface area contributed by atoms with Gasteiger partial charge in [-0.25, -0.2) is 0 Å². The maximum Gasteiger partial charge on any atom is 0.615 e. The molecule has 0 aromatic heterocycles. The number of halogens is 1. The Bertz CT molecular complexity index is 131. The van der Waals surface area contributed by atoms with Crippen LogP contribution in [0.25, 0.3) is 0 Å². The van der Waals surface area contributed by atoms with Crippen LogP contribution >= 0.6 is 19.8 Å². The minimum atomic E-state index is -1.56. The van der Waals surface area contributed by atoms with E-state index in [0.29, 0.717) is 19.0 Å². The molecule has 0 N–H and O–H groups in total. The molecule has 0 aromatic carbocycles. The summed E-state index contributed by atoms with van der Waals surface area (Å²) in [4.78, 5) is 0. The zero-order valence-corrected chi connectivity index (χ0v) is 7.27. The number of hydrogen-bond donors (Lipinski definition) is 0. The molecule has 1 fully saturated rings. The normalized spacial score (nSPS) is 25.1. The van der Waals surface area contributed by atoms with E-state index in [9.17, 15) is 4.57 Å². The van der Waals surface area contributed by atoms with Gasteiger partial charge in [-0.15, -0.1) is 16.1 Å². The van der Waals surface area contributed by atoms with Crippen LogP contribution < -0.4 is 0 Å². The Balaban J connectivity index is 2.32. The van der Waals surface area contributed by atoms with Gasteiger partial charge in [0.25, 0.3) is 0 Å². The molecule has 58 valence electrons. The van der Waals surface area contributed by atoms with Gasteiger partial charge in [-0.3, -0.25) is 0 Å². The van der Waals surface area contributed by atoms with Gasteiger partial charge in [-0.2, -0.15) is 0 Å². The number of rotatable bonds is 2. The molecule has 0 saturated carbocycles. The predicted molar refractivity (Wildman–Crippen MR) is 40.5 cm³/mol. The summed E-state index contributed by atoms with van der Waals surface area (Å²) in [5, 5.41) is 0. The van der Waals surface area contributed by atoms with Gasteiger partial charge in [-0.1, -0.05) is 4.67 Å². The lowest BCUT2D eigenvalue weighted by Crippen LogP contribution is -2.24. The molecule has 10 heavy (non-hydrogen) atoms. The predicted octanol–water partition coefficient (Wildman–Crippen LogP) is 1.60. The zero-order valence-electron chi connectivity index (χ0n) is 5.62. The minimum absolute atomic E-state index is 0.518. The van der Waals surface area contributed by atoms with Gasteiger partial charge in [0.15, 0.2) is 0 Å². The highest BCUT2D eigenvalue weighted by Crippen LogP contribution is 2.31. The molecule has 1 heterocycles. The van der Waals surface area contributed by atoms with E-state index in [2.05, 4.69) is 0 Å². The summed E-state index contributed by atoms with van der Waals surface area (Å²) in [6.07, 6.45) is 0.956. The van der Waals surface area contributed by atoms with Crippen molar-refractivity contribution in [2.75, 3.05) is 25.6 Å². The van der Waals surface area contributed by atoms with Crippen LogP contribution in [0.4, 0.5) is 0 Å². The lowest BCUT2D eigenvalue weighted by Gasteiger charge is -2.11. The smallest absolute Gasteiger partial charge is 0.130 e. The summed E-state index contributed by atoms with van der Waals surface area (Å²) >= 11 is 5.47. The Morgan fingerprint density at radius 2 is 2.50 bits per heavy atom. The summed E-state index contributed by atoms with van der Waals surface area (Å²) < 4.78 is 17.7. The average Bonchev–Trinajstić information content (AvgIpc) is 1.94. The van der Waals surface area contributed by atoms with E-state index < -0.39 is 8.18 Å². The van der Waals surface area contributed by atoms with Crippen molar-refractivity contribution < 1.29 is 9.09 Å². The van der Waals surface area contributed by atoms with Crippen LogP contribution in [0, 0.1) is 0 Å². The molecule has 5 heteroatoms. The Labute approximate surface area is 66.2 Å². The minimum Gasteiger partial charge on any atom is -0.130 e. The van der Waals surface area contributed by atoms with Gasteiger partial charge in [-0.05, 0) is 11.0 Å². The van der Waals surface area contributed by atoms with Crippen LogP contribution in [0.15, 0.2) is 0 Å². The molecule has 0 amide bonds. The van der Waals surface area contributed by atoms with Crippen LogP contribution in [0.3, 0.4) is 0 Å². The quantitative estimate of drug-likeness (QED) is 0.480. The van der Waals surface area contributed by atoms with Gasteiger partial charge in [0.2, 0.25) is 0 Å². The SMILES string of the molecule is O=[P+]1OCCCN1CCCl. The van der Waals surface area contributed by atoms with Crippen molar-refractivity contribution in [1.82, 2.24) is 4.67 Å². The van der Waals surface area contributed by atoms with Crippen molar-refractivity contribution in [3.05, 3.63) is 0 Å². The highest BCUT2D eigenvalue weighted by Gasteiger charge is 2.32. The first-order valence-corrected chi connectivity index (χ1v) is 4.92. The maximum absolute atomic E-state index is 11.0. The summed E-state index contributed by atoms with van der Waals surface area (Å²) in [5.74, 6) is 0.518. The molecule has 1 unspecified atom stereocenters. The highest BCUT2D eigenvalue weighted by molar-refractivity contribution is 7.36. The van der Waals surface area contributed by atoms with E-state index in [-0.39, 0.29) is 0 Å². The molecular formula is C5H10ClNO2P+. The molecule has 1 atom stereocenters. The second-order valence-corrected chi connectivity index (χ2v) is 3.74. The van der Waals surface area contributed by atoms with E-state index >= 15 is 0 Å². The van der Waals surface area contributed by atoms with Crippen LogP contribution in [-0.4, -0.2) is 30.2 Å². The van der Waals surface area contributed by atoms with Gasteiger partial charge >= 0.3 is 8.18 Å². The third-order valence-corrected chi connectivity index (χ3v) is 2.77. The average molecular weight is 183 g/mol. The van der Waals surface area contributed by atoms with E-state index in [1.54, 1.807) is 4.67 Å². The Morgan fingerprint density at radius 1 is 1.70 bits per heavy atom. The lowest BCUT2D eigenvalue weighted by atomic mass is 10.4. The molecule has 1 aliphatic heterocycles. The molecule has 1 saturated heterocycles.